The molecule has 1 N–H and O–H groups in total. The van der Waals surface area contributed by atoms with Crippen LogP contribution in [0.4, 0.5) is 0 Å². The van der Waals surface area contributed by atoms with E-state index < -0.39 is 0 Å². The maximum absolute atomic E-state index is 12.9. The number of hydrogen-bond donors (Lipinski definition) is 1. The molecule has 4 rings (SSSR count). The van der Waals surface area contributed by atoms with Gasteiger partial charge in [0.15, 0.2) is 5.65 Å². The lowest BCUT2D eigenvalue weighted by Crippen LogP contribution is -2.43. The maximum Gasteiger partial charge on any atom is 0.256 e. The molecule has 0 spiro atoms. The van der Waals surface area contributed by atoms with Crippen LogP contribution in [0.1, 0.15) is 80.4 Å². The highest BCUT2D eigenvalue weighted by atomic mass is 16.1. The van der Waals surface area contributed by atoms with Crippen LogP contribution >= 0.6 is 0 Å². The second-order valence-electron chi connectivity index (χ2n) is 8.29. The number of amides is 1. The number of carbonyl (C=O) groups excluding carboxylic acids is 1. The summed E-state index contributed by atoms with van der Waals surface area (Å²) in [6, 6.07) is 0.255. The number of fused-ring (bicyclic) bond motifs is 3. The van der Waals surface area contributed by atoms with Crippen LogP contribution in [-0.4, -0.2) is 26.5 Å². The van der Waals surface area contributed by atoms with Gasteiger partial charge in [0.1, 0.15) is 5.56 Å². The molecule has 3 atom stereocenters. The topological polar surface area (TPSA) is 59.3 Å². The zero-order valence-electron chi connectivity index (χ0n) is 16.0. The van der Waals surface area contributed by atoms with Gasteiger partial charge in [-0.3, -0.25) is 4.79 Å². The van der Waals surface area contributed by atoms with Crippen LogP contribution in [0.15, 0.2) is 12.4 Å². The highest BCUT2D eigenvalue weighted by Gasteiger charge is 2.29. The molecule has 2 aromatic heterocycles. The van der Waals surface area contributed by atoms with Crippen LogP contribution in [0.2, 0.25) is 0 Å². The SMILES string of the molecule is C[C@@H]1[C@H](C)CCC[C@@H]1NC(=O)c1cnn2c3c(cnc12)CCCCCC3. The van der Waals surface area contributed by atoms with Gasteiger partial charge in [0.25, 0.3) is 5.91 Å². The first-order valence-electron chi connectivity index (χ1n) is 10.3. The first-order chi connectivity index (χ1) is 12.6. The monoisotopic (exact) mass is 354 g/mol. The van der Waals surface area contributed by atoms with Crippen LogP contribution in [-0.2, 0) is 12.8 Å². The van der Waals surface area contributed by atoms with Gasteiger partial charge in [-0.05, 0) is 49.5 Å². The van der Waals surface area contributed by atoms with E-state index in [1.165, 1.54) is 49.8 Å². The van der Waals surface area contributed by atoms with Crippen molar-refractivity contribution in [2.45, 2.75) is 77.7 Å². The predicted molar refractivity (Wildman–Crippen MR) is 102 cm³/mol. The fraction of sp³-hybridized carbons (Fsp3) is 0.667. The molecule has 140 valence electrons. The zero-order chi connectivity index (χ0) is 18.1. The molecular formula is C21H30N4O. The standard InChI is InChI=1S/C21H30N4O/c1-14-8-7-10-18(15(14)2)24-21(26)17-13-23-25-19-11-6-4-3-5-9-16(19)12-22-20(17)25/h12-15,18H,3-11H2,1-2H3,(H,24,26)/t14-,15-,18+/m1/s1. The molecule has 2 aromatic rings. The van der Waals surface area contributed by atoms with E-state index in [2.05, 4.69) is 29.2 Å². The molecular weight excluding hydrogens is 324 g/mol. The Balaban J connectivity index is 1.60. The summed E-state index contributed by atoms with van der Waals surface area (Å²) in [6.45, 7) is 4.55. The molecule has 1 amide bonds. The molecule has 2 aliphatic rings. The Hall–Kier alpha value is -1.91. The lowest BCUT2D eigenvalue weighted by molar-refractivity contribution is 0.0892. The number of aromatic nitrogens is 3. The molecule has 2 aliphatic carbocycles. The number of rotatable bonds is 2. The summed E-state index contributed by atoms with van der Waals surface area (Å²) in [7, 11) is 0. The largest absolute Gasteiger partial charge is 0.349 e. The Kier molecular flexibility index (Phi) is 4.96. The Labute approximate surface area is 155 Å². The summed E-state index contributed by atoms with van der Waals surface area (Å²) < 4.78 is 1.92. The van der Waals surface area contributed by atoms with Gasteiger partial charge < -0.3 is 5.32 Å². The minimum absolute atomic E-state index is 0.0238. The van der Waals surface area contributed by atoms with E-state index in [1.54, 1.807) is 6.20 Å². The average molecular weight is 354 g/mol. The van der Waals surface area contributed by atoms with E-state index in [0.29, 0.717) is 23.0 Å². The average Bonchev–Trinajstić information content (AvgIpc) is 3.03. The molecule has 1 fully saturated rings. The zero-order valence-corrected chi connectivity index (χ0v) is 16.0. The minimum atomic E-state index is -0.0238. The first-order valence-corrected chi connectivity index (χ1v) is 10.3. The van der Waals surface area contributed by atoms with Crippen molar-refractivity contribution in [2.75, 3.05) is 0 Å². The quantitative estimate of drug-likeness (QED) is 0.888. The van der Waals surface area contributed by atoms with Crippen molar-refractivity contribution >= 4 is 11.6 Å². The molecule has 0 aliphatic heterocycles. The van der Waals surface area contributed by atoms with Crippen molar-refractivity contribution in [1.82, 2.24) is 19.9 Å². The number of nitrogens with one attached hydrogen (secondary N) is 1. The Bertz CT molecular complexity index is 797. The van der Waals surface area contributed by atoms with Gasteiger partial charge >= 0.3 is 0 Å². The number of nitrogens with zero attached hydrogens (tertiary/aromatic N) is 3. The van der Waals surface area contributed by atoms with Crippen molar-refractivity contribution in [3.8, 4) is 0 Å². The molecule has 0 bridgehead atoms. The highest BCUT2D eigenvalue weighted by molar-refractivity contribution is 5.99. The summed E-state index contributed by atoms with van der Waals surface area (Å²) in [5, 5.41) is 7.81. The van der Waals surface area contributed by atoms with Crippen LogP contribution in [0, 0.1) is 11.8 Å². The van der Waals surface area contributed by atoms with Crippen molar-refractivity contribution in [3.05, 3.63) is 29.2 Å². The third kappa shape index (κ3) is 3.24. The Morgan fingerprint density at radius 2 is 1.88 bits per heavy atom. The fourth-order valence-corrected chi connectivity index (χ4v) is 4.64. The molecule has 5 heteroatoms. The van der Waals surface area contributed by atoms with E-state index in [4.69, 9.17) is 0 Å². The van der Waals surface area contributed by atoms with Gasteiger partial charge in [0.05, 0.1) is 6.20 Å². The highest BCUT2D eigenvalue weighted by Crippen LogP contribution is 2.30. The normalized spacial score (nSPS) is 26.8. The van der Waals surface area contributed by atoms with Gasteiger partial charge in [0, 0.05) is 17.9 Å². The second kappa shape index (κ2) is 7.37. The van der Waals surface area contributed by atoms with E-state index >= 15 is 0 Å². The van der Waals surface area contributed by atoms with Gasteiger partial charge in [0.2, 0.25) is 0 Å². The van der Waals surface area contributed by atoms with Crippen molar-refractivity contribution < 1.29 is 4.79 Å². The van der Waals surface area contributed by atoms with Crippen molar-refractivity contribution in [1.29, 1.82) is 0 Å². The predicted octanol–water partition coefficient (Wildman–Crippen LogP) is 3.94. The first kappa shape index (κ1) is 17.5. The molecule has 1 saturated carbocycles. The molecule has 0 saturated heterocycles. The minimum Gasteiger partial charge on any atom is -0.349 e. The van der Waals surface area contributed by atoms with E-state index in [0.717, 1.165) is 19.3 Å². The van der Waals surface area contributed by atoms with Crippen molar-refractivity contribution in [2.24, 2.45) is 11.8 Å². The third-order valence-corrected chi connectivity index (χ3v) is 6.59. The summed E-state index contributed by atoms with van der Waals surface area (Å²) in [4.78, 5) is 17.5. The summed E-state index contributed by atoms with van der Waals surface area (Å²) in [5.41, 5.74) is 3.86. The lowest BCUT2D eigenvalue weighted by atomic mass is 9.78. The second-order valence-corrected chi connectivity index (χ2v) is 8.29. The smallest absolute Gasteiger partial charge is 0.256 e. The summed E-state index contributed by atoms with van der Waals surface area (Å²) in [5.74, 6) is 1.16. The van der Waals surface area contributed by atoms with Crippen LogP contribution in [0.5, 0.6) is 0 Å². The molecule has 0 radical (unpaired) electrons. The molecule has 2 heterocycles. The maximum atomic E-state index is 12.9. The third-order valence-electron chi connectivity index (χ3n) is 6.59. The van der Waals surface area contributed by atoms with Crippen LogP contribution in [0.3, 0.4) is 0 Å². The number of carbonyl (C=O) groups is 1. The molecule has 26 heavy (non-hydrogen) atoms. The van der Waals surface area contributed by atoms with Gasteiger partial charge in [-0.25, -0.2) is 9.50 Å². The van der Waals surface area contributed by atoms with E-state index in [-0.39, 0.29) is 11.9 Å². The van der Waals surface area contributed by atoms with E-state index in [9.17, 15) is 4.79 Å². The van der Waals surface area contributed by atoms with Gasteiger partial charge in [-0.15, -0.1) is 0 Å². The van der Waals surface area contributed by atoms with Gasteiger partial charge in [-0.2, -0.15) is 5.10 Å². The van der Waals surface area contributed by atoms with E-state index in [1.807, 2.05) is 10.7 Å². The van der Waals surface area contributed by atoms with Crippen LogP contribution < -0.4 is 5.32 Å². The Morgan fingerprint density at radius 3 is 2.73 bits per heavy atom. The molecule has 5 nitrogen and oxygen atoms in total. The Morgan fingerprint density at radius 1 is 1.08 bits per heavy atom. The number of hydrogen-bond acceptors (Lipinski definition) is 3. The summed E-state index contributed by atoms with van der Waals surface area (Å²) in [6.07, 6.45) is 14.3. The fourth-order valence-electron chi connectivity index (χ4n) is 4.64. The van der Waals surface area contributed by atoms with Gasteiger partial charge in [-0.1, -0.05) is 39.5 Å². The van der Waals surface area contributed by atoms with Crippen molar-refractivity contribution in [3.63, 3.8) is 0 Å². The number of aryl methyl sites for hydroxylation is 2. The molecule has 0 unspecified atom stereocenters. The molecule has 0 aromatic carbocycles. The van der Waals surface area contributed by atoms with Crippen LogP contribution in [0.25, 0.3) is 5.65 Å². The summed E-state index contributed by atoms with van der Waals surface area (Å²) >= 11 is 0. The lowest BCUT2D eigenvalue weighted by Gasteiger charge is -2.34.